The van der Waals surface area contributed by atoms with Gasteiger partial charge in [0.1, 0.15) is 0 Å². The molecule has 2 aliphatic rings. The summed E-state index contributed by atoms with van der Waals surface area (Å²) in [6.45, 7) is 7.47. The van der Waals surface area contributed by atoms with E-state index in [2.05, 4.69) is 73.7 Å². The minimum Gasteiger partial charge on any atom is -0.481 e. The lowest BCUT2D eigenvalue weighted by Gasteiger charge is -2.06. The molecule has 3 aromatic rings. The van der Waals surface area contributed by atoms with Crippen LogP contribution < -0.4 is 0 Å². The fourth-order valence-electron chi connectivity index (χ4n) is 6.67. The van der Waals surface area contributed by atoms with Crippen molar-refractivity contribution in [2.24, 2.45) is 0 Å². The molecule has 0 aromatic carbocycles. The number of halogens is 4. The Kier molecular flexibility index (Phi) is 12.0. The molecule has 3 aromatic heterocycles. The van der Waals surface area contributed by atoms with E-state index in [9.17, 15) is 39.6 Å². The molecule has 0 unspecified atom stereocenters. The largest absolute Gasteiger partial charge is 0.481 e. The molecule has 6 N–H and O–H groups in total. The van der Waals surface area contributed by atoms with Crippen LogP contribution in [0.5, 0.6) is 0 Å². The van der Waals surface area contributed by atoms with E-state index in [0.717, 1.165) is 16.7 Å². The van der Waals surface area contributed by atoms with Crippen LogP contribution in [0.3, 0.4) is 0 Å². The van der Waals surface area contributed by atoms with Crippen molar-refractivity contribution in [1.29, 1.82) is 0 Å². The fourth-order valence-corrected chi connectivity index (χ4v) is 9.57. The van der Waals surface area contributed by atoms with Gasteiger partial charge in [-0.3, -0.25) is 19.2 Å². The molecule has 274 valence electrons. The van der Waals surface area contributed by atoms with Crippen molar-refractivity contribution in [3.8, 4) is 0 Å². The van der Waals surface area contributed by atoms with E-state index in [0.29, 0.717) is 90.6 Å². The minimum absolute atomic E-state index is 0.143. The van der Waals surface area contributed by atoms with Crippen molar-refractivity contribution in [3.63, 3.8) is 0 Å². The van der Waals surface area contributed by atoms with Crippen LogP contribution in [0.4, 0.5) is 0 Å². The van der Waals surface area contributed by atoms with Gasteiger partial charge in [0.15, 0.2) is 0 Å². The van der Waals surface area contributed by atoms with Crippen molar-refractivity contribution in [3.05, 3.63) is 62.9 Å². The zero-order chi connectivity index (χ0) is 38.3. The van der Waals surface area contributed by atoms with Gasteiger partial charge in [0, 0.05) is 25.7 Å². The molecule has 0 fully saturated rings. The normalized spacial score (nSPS) is 12.9. The maximum absolute atomic E-state index is 11.8. The molecule has 16 heteroatoms. The second kappa shape index (κ2) is 15.8. The number of aromatic nitrogens is 4. The zero-order valence-corrected chi connectivity index (χ0v) is 34.8. The molecule has 12 nitrogen and oxygen atoms in total. The Morgan fingerprint density at radius 1 is 0.481 bits per heavy atom. The summed E-state index contributed by atoms with van der Waals surface area (Å²) >= 11 is 15.1. The SMILES string of the molecule is CC1=C(CCC(=O)O)c2nc1c(Br)c1[nH]c(c(Br)c3nc(c(Br)c4[nH]c(c(C)c4CCC(=O)O)c2Br)C(C)=C3CCC(=O)O)c(CCC(=O)O)c1C. The van der Waals surface area contributed by atoms with E-state index in [1.165, 1.54) is 0 Å². The summed E-state index contributed by atoms with van der Waals surface area (Å²) in [6, 6.07) is 0. The van der Waals surface area contributed by atoms with Gasteiger partial charge < -0.3 is 30.4 Å². The van der Waals surface area contributed by atoms with E-state index >= 15 is 0 Å². The minimum atomic E-state index is -0.982. The molecule has 5 heterocycles. The van der Waals surface area contributed by atoms with Gasteiger partial charge >= 0.3 is 23.9 Å². The zero-order valence-electron chi connectivity index (χ0n) is 28.5. The Labute approximate surface area is 331 Å². The van der Waals surface area contributed by atoms with Crippen LogP contribution in [0.15, 0.2) is 17.9 Å². The van der Waals surface area contributed by atoms with E-state index in [1.807, 2.05) is 27.7 Å². The first-order valence-electron chi connectivity index (χ1n) is 16.2. The third-order valence-electron chi connectivity index (χ3n) is 9.46. The Balaban J connectivity index is 2.07. The first-order chi connectivity index (χ1) is 24.4. The van der Waals surface area contributed by atoms with Crippen molar-refractivity contribution >= 4 is 132 Å². The molecular formula is C36H34Br4N4O8. The Morgan fingerprint density at radius 3 is 1.12 bits per heavy atom. The van der Waals surface area contributed by atoms with Crippen molar-refractivity contribution < 1.29 is 39.6 Å². The number of aliphatic carboxylic acids is 4. The monoisotopic (exact) mass is 966 g/mol. The van der Waals surface area contributed by atoms with Crippen LogP contribution in [-0.2, 0) is 32.0 Å². The number of carbonyl (C=O) groups is 4. The molecule has 8 bridgehead atoms. The predicted octanol–water partition coefficient (Wildman–Crippen LogP) is 9.61. The topological polar surface area (TPSA) is 207 Å². The third kappa shape index (κ3) is 7.57. The average Bonchev–Trinajstić information content (AvgIpc) is 3.79. The lowest BCUT2D eigenvalue weighted by molar-refractivity contribution is -0.138. The summed E-state index contributed by atoms with van der Waals surface area (Å²) < 4.78 is 2.15. The average molecular weight is 970 g/mol. The van der Waals surface area contributed by atoms with Gasteiger partial charge in [-0.2, -0.15) is 0 Å². The van der Waals surface area contributed by atoms with E-state index in [4.69, 9.17) is 9.97 Å². The highest BCUT2D eigenvalue weighted by atomic mass is 79.9. The summed E-state index contributed by atoms with van der Waals surface area (Å²) in [5, 5.41) is 38.6. The second-order valence-corrected chi connectivity index (χ2v) is 15.8. The van der Waals surface area contributed by atoms with Crippen LogP contribution in [0, 0.1) is 13.8 Å². The van der Waals surface area contributed by atoms with Gasteiger partial charge in [0.25, 0.3) is 0 Å². The Morgan fingerprint density at radius 2 is 0.769 bits per heavy atom. The van der Waals surface area contributed by atoms with Gasteiger partial charge in [-0.1, -0.05) is 0 Å². The number of aromatic amines is 2. The molecule has 5 rings (SSSR count). The molecule has 2 aliphatic heterocycles. The van der Waals surface area contributed by atoms with Gasteiger partial charge in [-0.25, -0.2) is 9.97 Å². The molecule has 0 spiro atoms. The first kappa shape index (κ1) is 39.6. The van der Waals surface area contributed by atoms with E-state index in [1.54, 1.807) is 0 Å². The molecular weight excluding hydrogens is 936 g/mol. The number of H-pyrrole nitrogens is 2. The second-order valence-electron chi connectivity index (χ2n) is 12.6. The number of allylic oxidation sites excluding steroid dienone is 4. The molecule has 0 atom stereocenters. The van der Waals surface area contributed by atoms with Crippen molar-refractivity contribution in [1.82, 2.24) is 19.9 Å². The molecule has 0 radical (unpaired) electrons. The van der Waals surface area contributed by atoms with Crippen LogP contribution >= 0.6 is 63.7 Å². The van der Waals surface area contributed by atoms with Crippen LogP contribution in [-0.4, -0.2) is 64.2 Å². The van der Waals surface area contributed by atoms with Crippen LogP contribution in [0.2, 0.25) is 0 Å². The summed E-state index contributed by atoms with van der Waals surface area (Å²) in [5.74, 6) is -3.90. The summed E-state index contributed by atoms with van der Waals surface area (Å²) in [4.78, 5) is 64.2. The van der Waals surface area contributed by atoms with Crippen LogP contribution in [0.25, 0.3) is 44.4 Å². The number of hydrogen-bond donors (Lipinski definition) is 6. The Hall–Kier alpha value is -3.60. The van der Waals surface area contributed by atoms with E-state index < -0.39 is 23.9 Å². The molecule has 0 aliphatic carbocycles. The number of nitrogens with one attached hydrogen (secondary N) is 2. The van der Waals surface area contributed by atoms with Gasteiger partial charge in [-0.05, 0) is 162 Å². The maximum atomic E-state index is 11.8. The summed E-state index contributed by atoms with van der Waals surface area (Å²) in [6.07, 6.45) is 0.0835. The number of aryl methyl sites for hydroxylation is 4. The van der Waals surface area contributed by atoms with Gasteiger partial charge in [0.05, 0.1) is 62.7 Å². The van der Waals surface area contributed by atoms with Gasteiger partial charge in [0.2, 0.25) is 0 Å². The number of nitrogens with zero attached hydrogens (tertiary/aromatic N) is 2. The van der Waals surface area contributed by atoms with Crippen LogP contribution in [0.1, 0.15) is 97.4 Å². The van der Waals surface area contributed by atoms with Crippen molar-refractivity contribution in [2.75, 3.05) is 0 Å². The fraction of sp³-hybridized carbons (Fsp3) is 0.333. The predicted molar refractivity (Wildman–Crippen MR) is 212 cm³/mol. The first-order valence-corrected chi connectivity index (χ1v) is 19.4. The molecule has 0 amide bonds. The Bertz CT molecular complexity index is 2320. The standard InChI is InChI=1S/C36H34Br4N4O8/c1-13-17(5-9-21(45)46)33-26(38)31-15(3)18(6-10-22(47)48)34(43-31)27(39)32-16(4)20(8-12-24(51)52)36(44-32)28(40)35-19(7-11-23(49)50)14(2)30(42-35)25(37)29(13)41-33/h42-43H,5-12H2,1-4H3,(H,45,46)(H,47,48)(H,49,50)(H,51,52). The lowest BCUT2D eigenvalue weighted by atomic mass is 9.99. The summed E-state index contributed by atoms with van der Waals surface area (Å²) in [5.41, 5.74) is 10.2. The smallest absolute Gasteiger partial charge is 0.303 e. The highest BCUT2D eigenvalue weighted by Gasteiger charge is 2.28. The quantitative estimate of drug-likeness (QED) is 0.101. The molecule has 0 saturated heterocycles. The number of fused-ring (bicyclic) bond motifs is 8. The highest BCUT2D eigenvalue weighted by Crippen LogP contribution is 2.46. The highest BCUT2D eigenvalue weighted by molar-refractivity contribution is 9.11. The molecule has 0 saturated carbocycles. The summed E-state index contributed by atoms with van der Waals surface area (Å²) in [7, 11) is 0. The van der Waals surface area contributed by atoms with Crippen molar-refractivity contribution in [2.45, 2.75) is 79.1 Å². The molecule has 52 heavy (non-hydrogen) atoms. The number of rotatable bonds is 12. The van der Waals surface area contributed by atoms with E-state index in [-0.39, 0.29) is 51.4 Å². The number of hydrogen-bond acceptors (Lipinski definition) is 6. The third-order valence-corrected chi connectivity index (χ3v) is 12.5. The lowest BCUT2D eigenvalue weighted by Crippen LogP contribution is -1.99. The number of carboxylic acids is 4. The number of carboxylic acid groups (broad SMARTS) is 4. The maximum Gasteiger partial charge on any atom is 0.303 e. The van der Waals surface area contributed by atoms with Gasteiger partial charge in [-0.15, -0.1) is 0 Å².